The van der Waals surface area contributed by atoms with Crippen LogP contribution in [0.15, 0.2) is 12.1 Å². The average Bonchev–Trinajstić information content (AvgIpc) is 2.51. The van der Waals surface area contributed by atoms with Crippen molar-refractivity contribution in [3.05, 3.63) is 34.9 Å². The van der Waals surface area contributed by atoms with E-state index < -0.39 is 17.5 Å². The fourth-order valence-electron chi connectivity index (χ4n) is 2.53. The molecule has 1 N–H and O–H groups in total. The minimum absolute atomic E-state index is 0.0652. The van der Waals surface area contributed by atoms with Crippen LogP contribution in [0.3, 0.4) is 0 Å². The van der Waals surface area contributed by atoms with E-state index in [0.717, 1.165) is 6.07 Å². The molecule has 1 aromatic carbocycles. The quantitative estimate of drug-likeness (QED) is 0.849. The number of carbonyl (C=O) groups is 1. The molecule has 1 heterocycles. The van der Waals surface area contributed by atoms with Gasteiger partial charge >= 0.3 is 0 Å². The van der Waals surface area contributed by atoms with Crippen molar-refractivity contribution in [1.82, 2.24) is 4.90 Å². The standard InChI is InChI=1S/C16H21F2NO3/c1-11-9-13(15(18)10-14(11)17)16(21)19-5-3-12(4-6-19)22-8-2-7-20/h9-10,12,20H,2-8H2,1H3. The Morgan fingerprint density at radius 1 is 1.32 bits per heavy atom. The van der Waals surface area contributed by atoms with Crippen molar-refractivity contribution in [2.75, 3.05) is 26.3 Å². The maximum atomic E-state index is 13.8. The number of aliphatic hydroxyl groups is 1. The SMILES string of the molecule is Cc1cc(C(=O)N2CCC(OCCCO)CC2)c(F)cc1F. The van der Waals surface area contributed by atoms with Gasteiger partial charge in [-0.1, -0.05) is 0 Å². The van der Waals surface area contributed by atoms with Crippen molar-refractivity contribution in [1.29, 1.82) is 0 Å². The van der Waals surface area contributed by atoms with Gasteiger partial charge in [-0.15, -0.1) is 0 Å². The van der Waals surface area contributed by atoms with Gasteiger partial charge in [-0.3, -0.25) is 4.79 Å². The largest absolute Gasteiger partial charge is 0.396 e. The number of benzene rings is 1. The van der Waals surface area contributed by atoms with Crippen LogP contribution in [0.25, 0.3) is 0 Å². The topological polar surface area (TPSA) is 49.8 Å². The second kappa shape index (κ2) is 7.65. The van der Waals surface area contributed by atoms with E-state index in [2.05, 4.69) is 0 Å². The molecular weight excluding hydrogens is 292 g/mol. The first-order valence-electron chi connectivity index (χ1n) is 7.50. The summed E-state index contributed by atoms with van der Waals surface area (Å²) in [6.07, 6.45) is 2.02. The molecule has 1 aliphatic rings. The highest BCUT2D eigenvalue weighted by Crippen LogP contribution is 2.20. The van der Waals surface area contributed by atoms with Gasteiger partial charge in [0.2, 0.25) is 0 Å². The summed E-state index contributed by atoms with van der Waals surface area (Å²) in [5, 5.41) is 8.71. The van der Waals surface area contributed by atoms with Gasteiger partial charge in [-0.05, 0) is 37.8 Å². The lowest BCUT2D eigenvalue weighted by atomic mass is 10.0. The smallest absolute Gasteiger partial charge is 0.256 e. The molecule has 0 aromatic heterocycles. The molecule has 0 radical (unpaired) electrons. The fourth-order valence-corrected chi connectivity index (χ4v) is 2.53. The van der Waals surface area contributed by atoms with Gasteiger partial charge in [-0.2, -0.15) is 0 Å². The molecule has 22 heavy (non-hydrogen) atoms. The van der Waals surface area contributed by atoms with Crippen LogP contribution in [0.1, 0.15) is 35.2 Å². The number of likely N-dealkylation sites (tertiary alicyclic amines) is 1. The third kappa shape index (κ3) is 4.01. The van der Waals surface area contributed by atoms with Gasteiger partial charge in [0.05, 0.1) is 11.7 Å². The zero-order valence-corrected chi connectivity index (χ0v) is 12.6. The number of hydrogen-bond donors (Lipinski definition) is 1. The highest BCUT2D eigenvalue weighted by molar-refractivity contribution is 5.94. The molecule has 6 heteroatoms. The molecule has 1 aromatic rings. The Balaban J connectivity index is 1.94. The number of amides is 1. The summed E-state index contributed by atoms with van der Waals surface area (Å²) in [6.45, 7) is 3.07. The molecule has 122 valence electrons. The van der Waals surface area contributed by atoms with Crippen molar-refractivity contribution in [3.8, 4) is 0 Å². The molecule has 0 unspecified atom stereocenters. The number of carbonyl (C=O) groups excluding carboxylic acids is 1. The first kappa shape index (κ1) is 16.8. The lowest BCUT2D eigenvalue weighted by Gasteiger charge is -2.32. The summed E-state index contributed by atoms with van der Waals surface area (Å²) in [5.41, 5.74) is 0.172. The van der Waals surface area contributed by atoms with E-state index in [0.29, 0.717) is 39.0 Å². The fraction of sp³-hybridized carbons (Fsp3) is 0.562. The number of piperidine rings is 1. The zero-order valence-electron chi connectivity index (χ0n) is 12.6. The second-order valence-corrected chi connectivity index (χ2v) is 5.52. The van der Waals surface area contributed by atoms with Crippen LogP contribution in [-0.2, 0) is 4.74 Å². The van der Waals surface area contributed by atoms with E-state index in [9.17, 15) is 13.6 Å². The van der Waals surface area contributed by atoms with E-state index in [1.807, 2.05) is 0 Å². The molecule has 0 spiro atoms. The summed E-state index contributed by atoms with van der Waals surface area (Å²) in [7, 11) is 0. The van der Waals surface area contributed by atoms with Crippen molar-refractivity contribution in [3.63, 3.8) is 0 Å². The van der Waals surface area contributed by atoms with Crippen LogP contribution >= 0.6 is 0 Å². The maximum absolute atomic E-state index is 13.8. The summed E-state index contributed by atoms with van der Waals surface area (Å²) in [6, 6.07) is 2.02. The summed E-state index contributed by atoms with van der Waals surface area (Å²) in [5.74, 6) is -1.88. The first-order valence-corrected chi connectivity index (χ1v) is 7.50. The van der Waals surface area contributed by atoms with Gasteiger partial charge in [0, 0.05) is 32.4 Å². The number of ether oxygens (including phenoxy) is 1. The van der Waals surface area contributed by atoms with E-state index in [1.54, 1.807) is 4.90 Å². The number of nitrogens with zero attached hydrogens (tertiary/aromatic N) is 1. The Kier molecular flexibility index (Phi) is 5.85. The van der Waals surface area contributed by atoms with E-state index in [-0.39, 0.29) is 23.8 Å². The molecule has 0 aliphatic carbocycles. The number of hydrogen-bond acceptors (Lipinski definition) is 3. The highest BCUT2D eigenvalue weighted by atomic mass is 19.1. The Labute approximate surface area is 128 Å². The van der Waals surface area contributed by atoms with Crippen LogP contribution in [-0.4, -0.2) is 48.3 Å². The van der Waals surface area contributed by atoms with Crippen LogP contribution in [0.5, 0.6) is 0 Å². The van der Waals surface area contributed by atoms with Crippen molar-refractivity contribution >= 4 is 5.91 Å². The minimum Gasteiger partial charge on any atom is -0.396 e. The number of aliphatic hydroxyl groups excluding tert-OH is 1. The average molecular weight is 313 g/mol. The normalized spacial score (nSPS) is 16.1. The zero-order chi connectivity index (χ0) is 16.1. The third-order valence-electron chi connectivity index (χ3n) is 3.86. The lowest BCUT2D eigenvalue weighted by molar-refractivity contribution is 0.00388. The molecule has 1 fully saturated rings. The lowest BCUT2D eigenvalue weighted by Crippen LogP contribution is -2.41. The van der Waals surface area contributed by atoms with Crippen molar-refractivity contribution in [2.45, 2.75) is 32.3 Å². The van der Waals surface area contributed by atoms with Gasteiger partial charge in [-0.25, -0.2) is 8.78 Å². The van der Waals surface area contributed by atoms with Crippen LogP contribution < -0.4 is 0 Å². The number of halogens is 2. The van der Waals surface area contributed by atoms with Gasteiger partial charge in [0.25, 0.3) is 5.91 Å². The van der Waals surface area contributed by atoms with Gasteiger partial charge < -0.3 is 14.7 Å². The Morgan fingerprint density at radius 2 is 2.00 bits per heavy atom. The molecular formula is C16H21F2NO3. The molecule has 0 saturated carbocycles. The predicted molar refractivity (Wildman–Crippen MR) is 77.7 cm³/mol. The Hall–Kier alpha value is -1.53. The van der Waals surface area contributed by atoms with E-state index in [4.69, 9.17) is 9.84 Å². The molecule has 0 atom stereocenters. The molecule has 0 bridgehead atoms. The summed E-state index contributed by atoms with van der Waals surface area (Å²) < 4.78 is 32.6. The molecule has 4 nitrogen and oxygen atoms in total. The monoisotopic (exact) mass is 313 g/mol. The van der Waals surface area contributed by atoms with Crippen molar-refractivity contribution in [2.24, 2.45) is 0 Å². The first-order chi connectivity index (χ1) is 10.5. The van der Waals surface area contributed by atoms with Gasteiger partial charge in [0.15, 0.2) is 0 Å². The number of aryl methyl sites for hydroxylation is 1. The molecule has 1 amide bonds. The minimum atomic E-state index is -0.825. The predicted octanol–water partition coefficient (Wildman–Crippen LogP) is 2.28. The Bertz CT molecular complexity index is 528. The second-order valence-electron chi connectivity index (χ2n) is 5.52. The van der Waals surface area contributed by atoms with Crippen molar-refractivity contribution < 1.29 is 23.4 Å². The number of rotatable bonds is 5. The van der Waals surface area contributed by atoms with E-state index >= 15 is 0 Å². The van der Waals surface area contributed by atoms with Gasteiger partial charge in [0.1, 0.15) is 11.6 Å². The maximum Gasteiger partial charge on any atom is 0.256 e. The third-order valence-corrected chi connectivity index (χ3v) is 3.86. The summed E-state index contributed by atoms with van der Waals surface area (Å²) >= 11 is 0. The highest BCUT2D eigenvalue weighted by Gasteiger charge is 2.26. The van der Waals surface area contributed by atoms with E-state index in [1.165, 1.54) is 13.0 Å². The molecule has 1 aliphatic heterocycles. The molecule has 2 rings (SSSR count). The van der Waals surface area contributed by atoms with Crippen LogP contribution in [0.4, 0.5) is 8.78 Å². The van der Waals surface area contributed by atoms with Crippen LogP contribution in [0, 0.1) is 18.6 Å². The van der Waals surface area contributed by atoms with Crippen LogP contribution in [0.2, 0.25) is 0 Å². The molecule has 1 saturated heterocycles. The Morgan fingerprint density at radius 3 is 2.64 bits per heavy atom. The summed E-state index contributed by atoms with van der Waals surface area (Å²) in [4.78, 5) is 13.9.